The first-order chi connectivity index (χ1) is 10.0. The number of anilines is 1. The maximum Gasteiger partial charge on any atom is 0.149 e. The Morgan fingerprint density at radius 2 is 1.81 bits per heavy atom. The van der Waals surface area contributed by atoms with Gasteiger partial charge in [0.1, 0.15) is 17.4 Å². The van der Waals surface area contributed by atoms with Gasteiger partial charge in [-0.2, -0.15) is 0 Å². The summed E-state index contributed by atoms with van der Waals surface area (Å²) in [4.78, 5) is 0. The molecule has 0 saturated heterocycles. The number of ether oxygens (including phenoxy) is 1. The zero-order valence-electron chi connectivity index (χ0n) is 11.8. The molecule has 0 aliphatic heterocycles. The summed E-state index contributed by atoms with van der Waals surface area (Å²) in [6.45, 7) is 2.00. The van der Waals surface area contributed by atoms with Gasteiger partial charge in [0, 0.05) is 6.07 Å². The predicted molar refractivity (Wildman–Crippen MR) is 83.7 cm³/mol. The molecule has 0 radical (unpaired) electrons. The van der Waals surface area contributed by atoms with Gasteiger partial charge in [-0.3, -0.25) is 0 Å². The average molecular weight is 356 g/mol. The van der Waals surface area contributed by atoms with E-state index in [2.05, 4.69) is 21.2 Å². The summed E-state index contributed by atoms with van der Waals surface area (Å²) in [6.07, 6.45) is 0.765. The summed E-state index contributed by atoms with van der Waals surface area (Å²) < 4.78 is 32.4. The molecule has 21 heavy (non-hydrogen) atoms. The van der Waals surface area contributed by atoms with Crippen molar-refractivity contribution in [3.63, 3.8) is 0 Å². The number of halogens is 3. The van der Waals surface area contributed by atoms with Crippen LogP contribution < -0.4 is 10.1 Å². The van der Waals surface area contributed by atoms with Gasteiger partial charge in [0.2, 0.25) is 0 Å². The Bertz CT molecular complexity index is 616. The van der Waals surface area contributed by atoms with Gasteiger partial charge >= 0.3 is 0 Å². The molecule has 2 aromatic rings. The standard InChI is InChI=1S/C16H16BrF2NO/c1-3-15(10-4-6-11(21-2)7-5-10)20-16-8-12(17)13(18)9-14(16)19/h4-9,15,20H,3H2,1-2H3. The van der Waals surface area contributed by atoms with Crippen molar-refractivity contribution in [2.75, 3.05) is 12.4 Å². The third-order valence-corrected chi connectivity index (χ3v) is 3.87. The minimum absolute atomic E-state index is 0.0669. The summed E-state index contributed by atoms with van der Waals surface area (Å²) in [6, 6.07) is 9.78. The summed E-state index contributed by atoms with van der Waals surface area (Å²) in [7, 11) is 1.61. The van der Waals surface area contributed by atoms with E-state index in [4.69, 9.17) is 4.74 Å². The maximum absolute atomic E-state index is 13.8. The largest absolute Gasteiger partial charge is 0.497 e. The lowest BCUT2D eigenvalue weighted by Crippen LogP contribution is -2.11. The number of benzene rings is 2. The van der Waals surface area contributed by atoms with E-state index in [0.717, 1.165) is 23.8 Å². The average Bonchev–Trinajstić information content (AvgIpc) is 2.50. The molecule has 2 rings (SSSR count). The molecule has 2 nitrogen and oxygen atoms in total. The van der Waals surface area contributed by atoms with Gasteiger partial charge < -0.3 is 10.1 Å². The Kier molecular flexibility index (Phi) is 5.17. The van der Waals surface area contributed by atoms with E-state index < -0.39 is 11.6 Å². The quantitative estimate of drug-likeness (QED) is 0.734. The summed E-state index contributed by atoms with van der Waals surface area (Å²) in [5, 5.41) is 3.11. The van der Waals surface area contributed by atoms with Crippen LogP contribution in [0.15, 0.2) is 40.9 Å². The SMILES string of the molecule is CCC(Nc1cc(Br)c(F)cc1F)c1ccc(OC)cc1. The molecule has 1 unspecified atom stereocenters. The fourth-order valence-corrected chi connectivity index (χ4v) is 2.42. The minimum atomic E-state index is -0.615. The Labute approximate surface area is 131 Å². The molecule has 2 aromatic carbocycles. The number of rotatable bonds is 5. The van der Waals surface area contributed by atoms with Crippen molar-refractivity contribution in [3.05, 3.63) is 58.1 Å². The van der Waals surface area contributed by atoms with Crippen LogP contribution in [0, 0.1) is 11.6 Å². The number of nitrogens with one attached hydrogen (secondary N) is 1. The second-order valence-electron chi connectivity index (χ2n) is 4.62. The van der Waals surface area contributed by atoms with E-state index in [1.54, 1.807) is 7.11 Å². The van der Waals surface area contributed by atoms with Gasteiger partial charge in [0.25, 0.3) is 0 Å². The smallest absolute Gasteiger partial charge is 0.149 e. The van der Waals surface area contributed by atoms with Gasteiger partial charge in [-0.25, -0.2) is 8.78 Å². The van der Waals surface area contributed by atoms with Crippen LogP contribution in [0.4, 0.5) is 14.5 Å². The molecule has 112 valence electrons. The lowest BCUT2D eigenvalue weighted by atomic mass is 10.0. The zero-order chi connectivity index (χ0) is 15.4. The lowest BCUT2D eigenvalue weighted by Gasteiger charge is -2.20. The molecule has 0 saturated carbocycles. The highest BCUT2D eigenvalue weighted by molar-refractivity contribution is 9.10. The summed E-state index contributed by atoms with van der Waals surface area (Å²) in [5.74, 6) is -0.456. The molecule has 0 aliphatic carbocycles. The number of hydrogen-bond acceptors (Lipinski definition) is 2. The minimum Gasteiger partial charge on any atom is -0.497 e. The third kappa shape index (κ3) is 3.73. The fourth-order valence-electron chi connectivity index (χ4n) is 2.08. The van der Waals surface area contributed by atoms with Crippen molar-refractivity contribution in [3.8, 4) is 5.75 Å². The highest BCUT2D eigenvalue weighted by Crippen LogP contribution is 2.29. The van der Waals surface area contributed by atoms with Gasteiger partial charge in [0.15, 0.2) is 0 Å². The van der Waals surface area contributed by atoms with Crippen LogP contribution in [0.2, 0.25) is 0 Å². The Morgan fingerprint density at radius 3 is 2.38 bits per heavy atom. The molecule has 0 heterocycles. The van der Waals surface area contributed by atoms with Crippen molar-refractivity contribution in [1.82, 2.24) is 0 Å². The van der Waals surface area contributed by atoms with Crippen molar-refractivity contribution < 1.29 is 13.5 Å². The predicted octanol–water partition coefficient (Wildman–Crippen LogP) is 5.30. The van der Waals surface area contributed by atoms with Crippen molar-refractivity contribution in [2.45, 2.75) is 19.4 Å². The van der Waals surface area contributed by atoms with E-state index in [-0.39, 0.29) is 16.2 Å². The van der Waals surface area contributed by atoms with E-state index in [0.29, 0.717) is 0 Å². The Hall–Kier alpha value is -1.62. The monoisotopic (exact) mass is 355 g/mol. The molecular formula is C16H16BrF2NO. The first kappa shape index (κ1) is 15.8. The van der Waals surface area contributed by atoms with Gasteiger partial charge in [0.05, 0.1) is 23.3 Å². The van der Waals surface area contributed by atoms with Gasteiger partial charge in [-0.05, 0) is 46.1 Å². The van der Waals surface area contributed by atoms with Crippen LogP contribution in [0.25, 0.3) is 0 Å². The molecule has 0 fully saturated rings. The Morgan fingerprint density at radius 1 is 1.14 bits per heavy atom. The van der Waals surface area contributed by atoms with Crippen molar-refractivity contribution in [2.24, 2.45) is 0 Å². The molecule has 1 N–H and O–H groups in total. The van der Waals surface area contributed by atoms with Crippen LogP contribution >= 0.6 is 15.9 Å². The number of hydrogen-bond donors (Lipinski definition) is 1. The third-order valence-electron chi connectivity index (χ3n) is 3.27. The van der Waals surface area contributed by atoms with Gasteiger partial charge in [-0.15, -0.1) is 0 Å². The number of methoxy groups -OCH3 is 1. The maximum atomic E-state index is 13.8. The van der Waals surface area contributed by atoms with E-state index in [9.17, 15) is 8.78 Å². The molecule has 0 bridgehead atoms. The van der Waals surface area contributed by atoms with Crippen LogP contribution in [0.5, 0.6) is 5.75 Å². The molecular weight excluding hydrogens is 340 g/mol. The summed E-state index contributed by atoms with van der Waals surface area (Å²) >= 11 is 3.07. The van der Waals surface area contributed by atoms with Crippen molar-refractivity contribution in [1.29, 1.82) is 0 Å². The molecule has 0 aromatic heterocycles. The van der Waals surface area contributed by atoms with Crippen LogP contribution in [0.1, 0.15) is 24.9 Å². The molecule has 0 aliphatic rings. The van der Waals surface area contributed by atoms with E-state index in [1.807, 2.05) is 31.2 Å². The van der Waals surface area contributed by atoms with Crippen LogP contribution in [-0.4, -0.2) is 7.11 Å². The Balaban J connectivity index is 2.24. The van der Waals surface area contributed by atoms with Crippen LogP contribution in [0.3, 0.4) is 0 Å². The lowest BCUT2D eigenvalue weighted by molar-refractivity contribution is 0.414. The molecule has 0 spiro atoms. The van der Waals surface area contributed by atoms with E-state index in [1.165, 1.54) is 6.07 Å². The molecule has 5 heteroatoms. The highest BCUT2D eigenvalue weighted by atomic mass is 79.9. The van der Waals surface area contributed by atoms with Gasteiger partial charge in [-0.1, -0.05) is 19.1 Å². The highest BCUT2D eigenvalue weighted by Gasteiger charge is 2.14. The summed E-state index contributed by atoms with van der Waals surface area (Å²) in [5.41, 5.74) is 1.28. The zero-order valence-corrected chi connectivity index (χ0v) is 13.4. The topological polar surface area (TPSA) is 21.3 Å². The normalized spacial score (nSPS) is 12.0. The second-order valence-corrected chi connectivity index (χ2v) is 5.48. The first-order valence-corrected chi connectivity index (χ1v) is 7.39. The molecule has 0 amide bonds. The van der Waals surface area contributed by atoms with Crippen LogP contribution in [-0.2, 0) is 0 Å². The van der Waals surface area contributed by atoms with Crippen molar-refractivity contribution >= 4 is 21.6 Å². The second kappa shape index (κ2) is 6.89. The molecule has 1 atom stereocenters. The van der Waals surface area contributed by atoms with E-state index >= 15 is 0 Å². The fraction of sp³-hybridized carbons (Fsp3) is 0.250. The first-order valence-electron chi connectivity index (χ1n) is 6.60.